The van der Waals surface area contributed by atoms with E-state index in [2.05, 4.69) is 0 Å². The van der Waals surface area contributed by atoms with E-state index >= 15 is 0 Å². The van der Waals surface area contributed by atoms with Gasteiger partial charge >= 0.3 is 0 Å². The van der Waals surface area contributed by atoms with Crippen molar-refractivity contribution < 1.29 is 9.53 Å². The normalized spacial score (nSPS) is 16.7. The van der Waals surface area contributed by atoms with Gasteiger partial charge in [0.2, 0.25) is 5.91 Å². The molecule has 7 heteroatoms. The third-order valence-corrected chi connectivity index (χ3v) is 4.42. The van der Waals surface area contributed by atoms with Crippen LogP contribution in [0.5, 0.6) is 0 Å². The Morgan fingerprint density at radius 3 is 2.32 bits per heavy atom. The Hall–Kier alpha value is -0.520. The predicted octanol–water partition coefficient (Wildman–Crippen LogP) is 3.13. The van der Waals surface area contributed by atoms with Gasteiger partial charge in [0.1, 0.15) is 0 Å². The Labute approximate surface area is 147 Å². The standard InChI is InChI=1S/C15H20Cl2N2O2.ClH/c1-19(9-11-6-12(16)8-13(17)7-11)14(20)15(10-18)2-4-21-5-3-15;/h6-8H,2-5,9-10,18H2,1H3;1H. The number of carbonyl (C=O) groups is 1. The molecule has 0 aromatic heterocycles. The Morgan fingerprint density at radius 2 is 1.82 bits per heavy atom. The van der Waals surface area contributed by atoms with Gasteiger partial charge in [-0.1, -0.05) is 23.2 Å². The van der Waals surface area contributed by atoms with Gasteiger partial charge in [-0.15, -0.1) is 12.4 Å². The molecule has 1 aromatic rings. The lowest BCUT2D eigenvalue weighted by Crippen LogP contribution is -2.49. The van der Waals surface area contributed by atoms with Gasteiger partial charge in [-0.2, -0.15) is 0 Å². The first kappa shape index (κ1) is 19.5. The van der Waals surface area contributed by atoms with Crippen LogP contribution in [-0.4, -0.2) is 37.6 Å². The maximum Gasteiger partial charge on any atom is 0.230 e. The van der Waals surface area contributed by atoms with Crippen LogP contribution in [0.25, 0.3) is 0 Å². The smallest absolute Gasteiger partial charge is 0.230 e. The minimum atomic E-state index is -0.505. The van der Waals surface area contributed by atoms with Crippen molar-refractivity contribution in [3.63, 3.8) is 0 Å². The number of carbonyl (C=O) groups excluding carboxylic acids is 1. The van der Waals surface area contributed by atoms with Crippen LogP contribution in [0, 0.1) is 5.41 Å². The minimum Gasteiger partial charge on any atom is -0.381 e. The van der Waals surface area contributed by atoms with Crippen LogP contribution in [0.3, 0.4) is 0 Å². The summed E-state index contributed by atoms with van der Waals surface area (Å²) in [6, 6.07) is 5.31. The topological polar surface area (TPSA) is 55.6 Å². The summed E-state index contributed by atoms with van der Waals surface area (Å²) in [5.74, 6) is 0.0596. The summed E-state index contributed by atoms with van der Waals surface area (Å²) in [7, 11) is 1.78. The van der Waals surface area contributed by atoms with Gasteiger partial charge < -0.3 is 15.4 Å². The highest BCUT2D eigenvalue weighted by Gasteiger charge is 2.40. The summed E-state index contributed by atoms with van der Waals surface area (Å²) >= 11 is 12.0. The molecule has 0 aliphatic carbocycles. The first-order valence-corrected chi connectivity index (χ1v) is 7.71. The Bertz CT molecular complexity index is 499. The molecule has 0 saturated carbocycles. The average Bonchev–Trinajstić information content (AvgIpc) is 2.46. The molecule has 0 atom stereocenters. The van der Waals surface area contributed by atoms with Crippen molar-refractivity contribution in [2.75, 3.05) is 26.8 Å². The van der Waals surface area contributed by atoms with Crippen molar-refractivity contribution in [3.8, 4) is 0 Å². The molecule has 22 heavy (non-hydrogen) atoms. The quantitative estimate of drug-likeness (QED) is 0.889. The highest BCUT2D eigenvalue weighted by molar-refractivity contribution is 6.34. The van der Waals surface area contributed by atoms with Gasteiger partial charge in [-0.05, 0) is 36.6 Å². The van der Waals surface area contributed by atoms with Gasteiger partial charge in [0, 0.05) is 43.4 Å². The largest absolute Gasteiger partial charge is 0.381 e. The Morgan fingerprint density at radius 1 is 1.27 bits per heavy atom. The van der Waals surface area contributed by atoms with Crippen molar-refractivity contribution in [1.29, 1.82) is 0 Å². The second-order valence-corrected chi connectivity index (χ2v) is 6.41. The minimum absolute atomic E-state index is 0. The fourth-order valence-corrected chi connectivity index (χ4v) is 3.29. The number of halogens is 3. The Kier molecular flexibility index (Phi) is 7.42. The molecule has 1 fully saturated rings. The average molecular weight is 368 g/mol. The summed E-state index contributed by atoms with van der Waals surface area (Å²) in [4.78, 5) is 14.4. The number of nitrogens with zero attached hydrogens (tertiary/aromatic N) is 1. The highest BCUT2D eigenvalue weighted by Crippen LogP contribution is 2.32. The number of nitrogens with two attached hydrogens (primary N) is 1. The van der Waals surface area contributed by atoms with E-state index < -0.39 is 5.41 Å². The summed E-state index contributed by atoms with van der Waals surface area (Å²) in [6.07, 6.45) is 1.34. The molecule has 0 unspecified atom stereocenters. The van der Waals surface area contributed by atoms with Crippen molar-refractivity contribution in [3.05, 3.63) is 33.8 Å². The van der Waals surface area contributed by atoms with E-state index in [9.17, 15) is 4.79 Å². The van der Waals surface area contributed by atoms with Crippen LogP contribution >= 0.6 is 35.6 Å². The van der Waals surface area contributed by atoms with Crippen LogP contribution < -0.4 is 5.73 Å². The molecule has 2 N–H and O–H groups in total. The first-order chi connectivity index (χ1) is 9.97. The number of benzene rings is 1. The molecule has 1 heterocycles. The van der Waals surface area contributed by atoms with E-state index in [4.69, 9.17) is 33.7 Å². The SMILES string of the molecule is CN(Cc1cc(Cl)cc(Cl)c1)C(=O)C1(CN)CCOCC1.Cl. The number of amides is 1. The van der Waals surface area contributed by atoms with E-state index in [0.717, 1.165) is 5.56 Å². The van der Waals surface area contributed by atoms with E-state index in [1.54, 1.807) is 18.0 Å². The van der Waals surface area contributed by atoms with E-state index in [-0.39, 0.29) is 18.3 Å². The van der Waals surface area contributed by atoms with Crippen molar-refractivity contribution >= 4 is 41.5 Å². The van der Waals surface area contributed by atoms with Crippen LogP contribution in [0.2, 0.25) is 10.0 Å². The summed E-state index contributed by atoms with van der Waals surface area (Å²) in [5.41, 5.74) is 6.27. The van der Waals surface area contributed by atoms with Gasteiger partial charge in [-0.25, -0.2) is 0 Å². The molecule has 2 rings (SSSR count). The van der Waals surface area contributed by atoms with Crippen LogP contribution in [0.15, 0.2) is 18.2 Å². The maximum absolute atomic E-state index is 12.7. The lowest BCUT2D eigenvalue weighted by Gasteiger charge is -2.37. The number of ether oxygens (including phenoxy) is 1. The lowest BCUT2D eigenvalue weighted by atomic mass is 9.79. The number of hydrogen-bond acceptors (Lipinski definition) is 3. The molecular formula is C15H21Cl3N2O2. The molecule has 0 bridgehead atoms. The second-order valence-electron chi connectivity index (χ2n) is 5.54. The summed E-state index contributed by atoms with van der Waals surface area (Å²) < 4.78 is 5.35. The summed E-state index contributed by atoms with van der Waals surface area (Å²) in [5, 5.41) is 1.14. The molecule has 124 valence electrons. The maximum atomic E-state index is 12.7. The molecule has 1 aliphatic rings. The van der Waals surface area contributed by atoms with Crippen molar-refractivity contribution in [2.45, 2.75) is 19.4 Å². The third kappa shape index (κ3) is 4.49. The molecule has 4 nitrogen and oxygen atoms in total. The first-order valence-electron chi connectivity index (χ1n) is 6.95. The molecule has 0 radical (unpaired) electrons. The molecule has 1 aliphatic heterocycles. The monoisotopic (exact) mass is 366 g/mol. The van der Waals surface area contributed by atoms with Gasteiger partial charge in [0.25, 0.3) is 0 Å². The van der Waals surface area contributed by atoms with Gasteiger partial charge in [0.05, 0.1) is 5.41 Å². The number of hydrogen-bond donors (Lipinski definition) is 1. The zero-order chi connectivity index (χ0) is 15.5. The fourth-order valence-electron chi connectivity index (χ4n) is 2.72. The second kappa shape index (κ2) is 8.37. The Balaban J connectivity index is 0.00000242. The molecule has 0 spiro atoms. The third-order valence-electron chi connectivity index (χ3n) is 3.98. The zero-order valence-corrected chi connectivity index (χ0v) is 14.8. The zero-order valence-electron chi connectivity index (χ0n) is 12.5. The van der Waals surface area contributed by atoms with Crippen LogP contribution in [0.4, 0.5) is 0 Å². The summed E-state index contributed by atoms with van der Waals surface area (Å²) in [6.45, 7) is 1.97. The molecule has 1 aromatic carbocycles. The number of rotatable bonds is 4. The molecular weight excluding hydrogens is 347 g/mol. The fraction of sp³-hybridized carbons (Fsp3) is 0.533. The van der Waals surface area contributed by atoms with Gasteiger partial charge in [-0.3, -0.25) is 4.79 Å². The van der Waals surface area contributed by atoms with E-state index in [1.165, 1.54) is 0 Å². The van der Waals surface area contributed by atoms with E-state index in [0.29, 0.717) is 49.2 Å². The molecule has 1 saturated heterocycles. The van der Waals surface area contributed by atoms with Crippen LogP contribution in [-0.2, 0) is 16.1 Å². The lowest BCUT2D eigenvalue weighted by molar-refractivity contribution is -0.146. The molecule has 1 amide bonds. The van der Waals surface area contributed by atoms with Gasteiger partial charge in [0.15, 0.2) is 0 Å². The van der Waals surface area contributed by atoms with Crippen molar-refractivity contribution in [2.24, 2.45) is 11.1 Å². The predicted molar refractivity (Wildman–Crippen MR) is 91.7 cm³/mol. The van der Waals surface area contributed by atoms with Crippen molar-refractivity contribution in [1.82, 2.24) is 4.90 Å². The highest BCUT2D eigenvalue weighted by atomic mass is 35.5. The van der Waals surface area contributed by atoms with E-state index in [1.807, 2.05) is 12.1 Å². The van der Waals surface area contributed by atoms with Crippen LogP contribution in [0.1, 0.15) is 18.4 Å².